The van der Waals surface area contributed by atoms with Crippen molar-refractivity contribution in [2.24, 2.45) is 0 Å². The maximum absolute atomic E-state index is 12.4. The van der Waals surface area contributed by atoms with E-state index in [-0.39, 0.29) is 18.5 Å². The molecule has 0 atom stereocenters. The number of benzene rings is 1. The largest absolute Gasteiger partial charge is 0.497 e. The summed E-state index contributed by atoms with van der Waals surface area (Å²) in [6, 6.07) is 7.63. The van der Waals surface area contributed by atoms with Crippen molar-refractivity contribution in [1.29, 1.82) is 0 Å². The van der Waals surface area contributed by atoms with Crippen LogP contribution in [0.2, 0.25) is 0 Å². The SMILES string of the molecule is CCN(CC(=O)O)C1CCN(C(=O)CCCOc2ccc(OC)cc2)CC1. The van der Waals surface area contributed by atoms with Crippen LogP contribution in [0.1, 0.15) is 32.6 Å². The standard InChI is InChI=1S/C20H30N2O5/c1-3-21(15-20(24)25)16-10-12-22(13-11-16)19(23)5-4-14-27-18-8-6-17(26-2)7-9-18/h6-9,16H,3-5,10-15H2,1-2H3,(H,24,25). The third kappa shape index (κ3) is 6.75. The Morgan fingerprint density at radius 3 is 2.37 bits per heavy atom. The van der Waals surface area contributed by atoms with Gasteiger partial charge in [0.2, 0.25) is 5.91 Å². The number of carboxylic acids is 1. The van der Waals surface area contributed by atoms with Crippen LogP contribution in [0.25, 0.3) is 0 Å². The minimum atomic E-state index is -0.799. The van der Waals surface area contributed by atoms with Gasteiger partial charge < -0.3 is 19.5 Å². The Hall–Kier alpha value is -2.28. The summed E-state index contributed by atoms with van der Waals surface area (Å²) in [7, 11) is 1.62. The Kier molecular flexibility index (Phi) is 8.39. The van der Waals surface area contributed by atoms with Crippen molar-refractivity contribution in [2.75, 3.05) is 39.9 Å². The lowest BCUT2D eigenvalue weighted by Gasteiger charge is -2.37. The van der Waals surface area contributed by atoms with Crippen LogP contribution in [-0.2, 0) is 9.59 Å². The molecule has 0 aliphatic carbocycles. The highest BCUT2D eigenvalue weighted by molar-refractivity contribution is 5.76. The zero-order valence-corrected chi connectivity index (χ0v) is 16.2. The van der Waals surface area contributed by atoms with Crippen molar-refractivity contribution in [2.45, 2.75) is 38.6 Å². The number of piperidine rings is 1. The van der Waals surface area contributed by atoms with Crippen LogP contribution in [0.4, 0.5) is 0 Å². The van der Waals surface area contributed by atoms with Crippen LogP contribution in [-0.4, -0.2) is 72.7 Å². The number of methoxy groups -OCH3 is 1. The smallest absolute Gasteiger partial charge is 0.317 e. The van der Waals surface area contributed by atoms with Crippen LogP contribution >= 0.6 is 0 Å². The van der Waals surface area contributed by atoms with E-state index in [0.29, 0.717) is 39.1 Å². The van der Waals surface area contributed by atoms with E-state index < -0.39 is 5.97 Å². The van der Waals surface area contributed by atoms with Gasteiger partial charge in [-0.2, -0.15) is 0 Å². The molecule has 150 valence electrons. The Balaban J connectivity index is 1.66. The van der Waals surface area contributed by atoms with Crippen molar-refractivity contribution in [3.05, 3.63) is 24.3 Å². The Morgan fingerprint density at radius 2 is 1.81 bits per heavy atom. The van der Waals surface area contributed by atoms with Crippen LogP contribution in [0.3, 0.4) is 0 Å². The van der Waals surface area contributed by atoms with Crippen LogP contribution in [0.5, 0.6) is 11.5 Å². The molecule has 7 nitrogen and oxygen atoms in total. The average molecular weight is 378 g/mol. The summed E-state index contributed by atoms with van der Waals surface area (Å²) in [6.07, 6.45) is 2.79. The number of rotatable bonds is 10. The minimum Gasteiger partial charge on any atom is -0.497 e. The van der Waals surface area contributed by atoms with Gasteiger partial charge in [-0.1, -0.05) is 6.92 Å². The molecule has 1 N–H and O–H groups in total. The molecule has 0 spiro atoms. The van der Waals surface area contributed by atoms with Gasteiger partial charge in [0, 0.05) is 25.6 Å². The predicted octanol–water partition coefficient (Wildman–Crippen LogP) is 2.25. The summed E-state index contributed by atoms with van der Waals surface area (Å²) in [6.45, 7) is 4.64. The van der Waals surface area contributed by atoms with E-state index in [0.717, 1.165) is 24.3 Å². The molecule has 2 rings (SSSR count). The second-order valence-corrected chi connectivity index (χ2v) is 6.70. The van der Waals surface area contributed by atoms with Gasteiger partial charge in [0.1, 0.15) is 11.5 Å². The molecule has 1 aromatic carbocycles. The molecule has 27 heavy (non-hydrogen) atoms. The monoisotopic (exact) mass is 378 g/mol. The Labute approximate surface area is 160 Å². The second kappa shape index (κ2) is 10.8. The molecule has 1 aromatic rings. The molecule has 7 heteroatoms. The number of hydrogen-bond donors (Lipinski definition) is 1. The van der Waals surface area contributed by atoms with Gasteiger partial charge in [-0.15, -0.1) is 0 Å². The van der Waals surface area contributed by atoms with E-state index >= 15 is 0 Å². The number of nitrogens with zero attached hydrogens (tertiary/aromatic N) is 2. The topological polar surface area (TPSA) is 79.3 Å². The quantitative estimate of drug-likeness (QED) is 0.629. The fraction of sp³-hybridized carbons (Fsp3) is 0.600. The fourth-order valence-corrected chi connectivity index (χ4v) is 3.40. The Bertz CT molecular complexity index is 597. The number of carbonyl (C=O) groups is 2. The number of likely N-dealkylation sites (tertiary alicyclic amines) is 1. The number of amides is 1. The van der Waals surface area contributed by atoms with Crippen LogP contribution in [0.15, 0.2) is 24.3 Å². The van der Waals surface area contributed by atoms with Crippen molar-refractivity contribution >= 4 is 11.9 Å². The number of ether oxygens (including phenoxy) is 2. The van der Waals surface area contributed by atoms with Gasteiger partial charge in [-0.25, -0.2) is 0 Å². The highest BCUT2D eigenvalue weighted by atomic mass is 16.5. The molecule has 0 aromatic heterocycles. The predicted molar refractivity (Wildman–Crippen MR) is 102 cm³/mol. The summed E-state index contributed by atoms with van der Waals surface area (Å²) >= 11 is 0. The van der Waals surface area contributed by atoms with Crippen LogP contribution in [0, 0.1) is 0 Å². The van der Waals surface area contributed by atoms with E-state index in [1.54, 1.807) is 7.11 Å². The first-order valence-corrected chi connectivity index (χ1v) is 9.54. The second-order valence-electron chi connectivity index (χ2n) is 6.70. The highest BCUT2D eigenvalue weighted by Crippen LogP contribution is 2.19. The molecule has 0 saturated carbocycles. The zero-order chi connectivity index (χ0) is 19.6. The van der Waals surface area contributed by atoms with E-state index in [1.807, 2.05) is 41.0 Å². The Morgan fingerprint density at radius 1 is 1.19 bits per heavy atom. The molecule has 0 bridgehead atoms. The number of hydrogen-bond acceptors (Lipinski definition) is 5. The lowest BCUT2D eigenvalue weighted by atomic mass is 10.0. The number of likely N-dealkylation sites (N-methyl/N-ethyl adjacent to an activating group) is 1. The number of aliphatic carboxylic acids is 1. The summed E-state index contributed by atoms with van der Waals surface area (Å²) in [5, 5.41) is 8.99. The highest BCUT2D eigenvalue weighted by Gasteiger charge is 2.26. The van der Waals surface area contributed by atoms with Gasteiger partial charge in [-0.3, -0.25) is 14.5 Å². The van der Waals surface area contributed by atoms with Crippen molar-refractivity contribution < 1.29 is 24.2 Å². The van der Waals surface area contributed by atoms with Crippen molar-refractivity contribution in [3.63, 3.8) is 0 Å². The molecule has 0 radical (unpaired) electrons. The van der Waals surface area contributed by atoms with Gasteiger partial charge in [-0.05, 0) is 50.1 Å². The first-order chi connectivity index (χ1) is 13.0. The van der Waals surface area contributed by atoms with Crippen LogP contribution < -0.4 is 9.47 Å². The number of carbonyl (C=O) groups excluding carboxylic acids is 1. The molecule has 1 aliphatic rings. The molecular weight excluding hydrogens is 348 g/mol. The molecule has 1 aliphatic heterocycles. The molecule has 1 heterocycles. The van der Waals surface area contributed by atoms with E-state index in [9.17, 15) is 9.59 Å². The molecular formula is C20H30N2O5. The summed E-state index contributed by atoms with van der Waals surface area (Å²) in [5.74, 6) is 0.897. The maximum atomic E-state index is 12.4. The summed E-state index contributed by atoms with van der Waals surface area (Å²) in [5.41, 5.74) is 0. The van der Waals surface area contributed by atoms with E-state index in [4.69, 9.17) is 14.6 Å². The fourth-order valence-electron chi connectivity index (χ4n) is 3.40. The third-order valence-electron chi connectivity index (χ3n) is 4.94. The lowest BCUT2D eigenvalue weighted by molar-refractivity contribution is -0.140. The molecule has 0 unspecified atom stereocenters. The van der Waals surface area contributed by atoms with Crippen molar-refractivity contribution in [3.8, 4) is 11.5 Å². The molecule has 1 saturated heterocycles. The zero-order valence-electron chi connectivity index (χ0n) is 16.2. The van der Waals surface area contributed by atoms with E-state index in [1.165, 1.54) is 0 Å². The van der Waals surface area contributed by atoms with Gasteiger partial charge >= 0.3 is 5.97 Å². The third-order valence-corrected chi connectivity index (χ3v) is 4.94. The first-order valence-electron chi connectivity index (χ1n) is 9.54. The van der Waals surface area contributed by atoms with Gasteiger partial charge in [0.25, 0.3) is 0 Å². The maximum Gasteiger partial charge on any atom is 0.317 e. The normalized spacial score (nSPS) is 15.0. The molecule has 1 amide bonds. The molecule has 1 fully saturated rings. The van der Waals surface area contributed by atoms with Gasteiger partial charge in [0.05, 0.1) is 20.3 Å². The minimum absolute atomic E-state index is 0.0673. The first kappa shape index (κ1) is 21.0. The summed E-state index contributed by atoms with van der Waals surface area (Å²) < 4.78 is 10.8. The number of carboxylic acid groups (broad SMARTS) is 1. The summed E-state index contributed by atoms with van der Waals surface area (Å²) in [4.78, 5) is 27.2. The van der Waals surface area contributed by atoms with Gasteiger partial charge in [0.15, 0.2) is 0 Å². The average Bonchev–Trinajstić information content (AvgIpc) is 2.69. The lowest BCUT2D eigenvalue weighted by Crippen LogP contribution is -2.48. The van der Waals surface area contributed by atoms with E-state index in [2.05, 4.69) is 0 Å². The van der Waals surface area contributed by atoms with Crippen molar-refractivity contribution in [1.82, 2.24) is 9.80 Å².